The van der Waals surface area contributed by atoms with Gasteiger partial charge in [0, 0.05) is 32.7 Å². The molecule has 2 rings (SSSR count). The number of rotatable bonds is 7. The highest BCUT2D eigenvalue weighted by molar-refractivity contribution is 5.94. The summed E-state index contributed by atoms with van der Waals surface area (Å²) in [5.41, 5.74) is 4.04. The number of hydrogen-bond acceptors (Lipinski definition) is 3. The largest absolute Gasteiger partial charge is 0.496 e. The van der Waals surface area contributed by atoms with E-state index in [0.717, 1.165) is 41.4 Å². The van der Waals surface area contributed by atoms with Crippen LogP contribution in [0.3, 0.4) is 0 Å². The minimum Gasteiger partial charge on any atom is -0.496 e. The number of hydrogen-bond donors (Lipinski definition) is 3. The number of benzene rings is 2. The maximum absolute atomic E-state index is 11.7. The second kappa shape index (κ2) is 10.2. The number of aliphatic imine (C=N–C) groups is 1. The molecular formula is C21H28N4O2. The Morgan fingerprint density at radius 1 is 1.11 bits per heavy atom. The molecule has 0 bridgehead atoms. The maximum atomic E-state index is 11.7. The molecule has 0 radical (unpaired) electrons. The van der Waals surface area contributed by atoms with E-state index in [1.165, 1.54) is 0 Å². The lowest BCUT2D eigenvalue weighted by Gasteiger charge is -2.13. The van der Waals surface area contributed by atoms with Crippen molar-refractivity contribution in [3.8, 4) is 5.75 Å². The first kappa shape index (κ1) is 20.3. The quantitative estimate of drug-likeness (QED) is 0.518. The average Bonchev–Trinajstić information content (AvgIpc) is 2.70. The highest BCUT2D eigenvalue weighted by Crippen LogP contribution is 2.18. The number of carbonyl (C=O) groups is 1. The second-order valence-electron chi connectivity index (χ2n) is 6.19. The van der Waals surface area contributed by atoms with Crippen molar-refractivity contribution in [2.24, 2.45) is 4.99 Å². The Kier molecular flexibility index (Phi) is 7.67. The first-order chi connectivity index (χ1) is 13.1. The zero-order valence-corrected chi connectivity index (χ0v) is 16.4. The Bertz CT molecular complexity index is 803. The number of ether oxygens (including phenoxy) is 1. The van der Waals surface area contributed by atoms with Gasteiger partial charge >= 0.3 is 0 Å². The van der Waals surface area contributed by atoms with Gasteiger partial charge in [-0.1, -0.05) is 24.3 Å². The molecule has 1 amide bonds. The molecule has 0 atom stereocenters. The van der Waals surface area contributed by atoms with Crippen LogP contribution in [-0.4, -0.2) is 39.6 Å². The van der Waals surface area contributed by atoms with Crippen molar-refractivity contribution in [3.63, 3.8) is 0 Å². The van der Waals surface area contributed by atoms with Crippen molar-refractivity contribution in [1.82, 2.24) is 16.0 Å². The van der Waals surface area contributed by atoms with E-state index in [1.807, 2.05) is 43.3 Å². The number of nitrogens with one attached hydrogen (secondary N) is 3. The number of guanidine groups is 1. The summed E-state index contributed by atoms with van der Waals surface area (Å²) in [5, 5.41) is 9.25. The fourth-order valence-electron chi connectivity index (χ4n) is 2.79. The molecule has 144 valence electrons. The van der Waals surface area contributed by atoms with Gasteiger partial charge in [-0.2, -0.15) is 0 Å². The molecule has 2 aromatic carbocycles. The van der Waals surface area contributed by atoms with E-state index in [4.69, 9.17) is 4.74 Å². The highest BCUT2D eigenvalue weighted by Gasteiger charge is 2.05. The van der Waals surface area contributed by atoms with Crippen LogP contribution in [0.2, 0.25) is 0 Å². The Hall–Kier alpha value is -3.02. The van der Waals surface area contributed by atoms with E-state index in [1.54, 1.807) is 21.2 Å². The van der Waals surface area contributed by atoms with Gasteiger partial charge in [-0.15, -0.1) is 0 Å². The van der Waals surface area contributed by atoms with Crippen molar-refractivity contribution in [2.45, 2.75) is 19.9 Å². The molecule has 0 heterocycles. The summed E-state index contributed by atoms with van der Waals surface area (Å²) in [6.07, 6.45) is 0.799. The third-order valence-corrected chi connectivity index (χ3v) is 4.27. The van der Waals surface area contributed by atoms with Crippen LogP contribution >= 0.6 is 0 Å². The molecule has 0 aliphatic rings. The van der Waals surface area contributed by atoms with E-state index in [0.29, 0.717) is 12.1 Å². The summed E-state index contributed by atoms with van der Waals surface area (Å²) >= 11 is 0. The summed E-state index contributed by atoms with van der Waals surface area (Å²) in [6.45, 7) is 3.43. The predicted octanol–water partition coefficient (Wildman–Crippen LogP) is 2.27. The van der Waals surface area contributed by atoms with Crippen LogP contribution in [-0.2, 0) is 13.0 Å². The number of aryl methyl sites for hydroxylation is 1. The molecule has 6 nitrogen and oxygen atoms in total. The molecule has 0 saturated carbocycles. The first-order valence-electron chi connectivity index (χ1n) is 8.96. The Labute approximate surface area is 161 Å². The van der Waals surface area contributed by atoms with Crippen molar-refractivity contribution in [1.29, 1.82) is 0 Å². The van der Waals surface area contributed by atoms with E-state index in [-0.39, 0.29) is 5.91 Å². The number of carbonyl (C=O) groups excluding carboxylic acids is 1. The molecule has 3 N–H and O–H groups in total. The van der Waals surface area contributed by atoms with Crippen LogP contribution < -0.4 is 20.7 Å². The second-order valence-corrected chi connectivity index (χ2v) is 6.19. The van der Waals surface area contributed by atoms with E-state index in [9.17, 15) is 4.79 Å². The molecule has 0 fully saturated rings. The average molecular weight is 368 g/mol. The van der Waals surface area contributed by atoms with Gasteiger partial charge in [0.25, 0.3) is 5.91 Å². The molecule has 6 heteroatoms. The molecule has 27 heavy (non-hydrogen) atoms. The molecule has 0 unspecified atom stereocenters. The van der Waals surface area contributed by atoms with Crippen LogP contribution in [0.4, 0.5) is 0 Å². The van der Waals surface area contributed by atoms with E-state index >= 15 is 0 Å². The first-order valence-corrected chi connectivity index (χ1v) is 8.96. The summed E-state index contributed by atoms with van der Waals surface area (Å²) in [5.74, 6) is 1.56. The van der Waals surface area contributed by atoms with Crippen LogP contribution in [0.1, 0.15) is 27.0 Å². The van der Waals surface area contributed by atoms with Crippen LogP contribution in [0.15, 0.2) is 47.5 Å². The van der Waals surface area contributed by atoms with Crippen LogP contribution in [0.25, 0.3) is 0 Å². The van der Waals surface area contributed by atoms with Crippen molar-refractivity contribution in [3.05, 3.63) is 64.7 Å². The minimum atomic E-state index is -0.0722. The van der Waals surface area contributed by atoms with Gasteiger partial charge in [-0.3, -0.25) is 9.79 Å². The van der Waals surface area contributed by atoms with Crippen molar-refractivity contribution < 1.29 is 9.53 Å². The van der Waals surface area contributed by atoms with E-state index < -0.39 is 0 Å². The van der Waals surface area contributed by atoms with Gasteiger partial charge in [0.2, 0.25) is 0 Å². The summed E-state index contributed by atoms with van der Waals surface area (Å²) in [6, 6.07) is 13.8. The Morgan fingerprint density at radius 3 is 2.59 bits per heavy atom. The van der Waals surface area contributed by atoms with Gasteiger partial charge < -0.3 is 20.7 Å². The smallest absolute Gasteiger partial charge is 0.251 e. The van der Waals surface area contributed by atoms with E-state index in [2.05, 4.69) is 27.0 Å². The lowest BCUT2D eigenvalue weighted by molar-refractivity contribution is 0.0963. The maximum Gasteiger partial charge on any atom is 0.251 e. The molecular weight excluding hydrogens is 340 g/mol. The fourth-order valence-corrected chi connectivity index (χ4v) is 2.79. The monoisotopic (exact) mass is 368 g/mol. The number of methoxy groups -OCH3 is 1. The number of amides is 1. The van der Waals surface area contributed by atoms with Crippen LogP contribution in [0, 0.1) is 6.92 Å². The topological polar surface area (TPSA) is 74.8 Å². The standard InChI is InChI=1S/C21H28N4O2/c1-15-12-17(8-9-19(15)27-4)14-25-21(23-3)24-11-10-16-6-5-7-18(13-16)20(26)22-2/h5-9,12-13H,10-11,14H2,1-4H3,(H,22,26)(H2,23,24,25). The zero-order chi connectivity index (χ0) is 19.6. The highest BCUT2D eigenvalue weighted by atomic mass is 16.5. The fraction of sp³-hybridized carbons (Fsp3) is 0.333. The third-order valence-electron chi connectivity index (χ3n) is 4.27. The number of nitrogens with zero attached hydrogens (tertiary/aromatic N) is 1. The summed E-state index contributed by atoms with van der Waals surface area (Å²) in [7, 11) is 5.06. The SMILES string of the molecule is CN=C(NCCc1cccc(C(=O)NC)c1)NCc1ccc(OC)c(C)c1. The van der Waals surface area contributed by atoms with Gasteiger partial charge in [0.15, 0.2) is 5.96 Å². The molecule has 0 aliphatic heterocycles. The zero-order valence-electron chi connectivity index (χ0n) is 16.4. The van der Waals surface area contributed by atoms with Gasteiger partial charge in [-0.25, -0.2) is 0 Å². The molecule has 0 saturated heterocycles. The third kappa shape index (κ3) is 6.02. The Balaban J connectivity index is 1.84. The Morgan fingerprint density at radius 2 is 1.93 bits per heavy atom. The summed E-state index contributed by atoms with van der Waals surface area (Å²) < 4.78 is 5.29. The normalized spacial score (nSPS) is 11.0. The molecule has 0 aliphatic carbocycles. The predicted molar refractivity (Wildman–Crippen MR) is 109 cm³/mol. The van der Waals surface area contributed by atoms with Gasteiger partial charge in [-0.05, 0) is 48.2 Å². The summed E-state index contributed by atoms with van der Waals surface area (Å²) in [4.78, 5) is 16.0. The lowest BCUT2D eigenvalue weighted by Crippen LogP contribution is -2.37. The van der Waals surface area contributed by atoms with Crippen molar-refractivity contribution >= 4 is 11.9 Å². The lowest BCUT2D eigenvalue weighted by atomic mass is 10.1. The molecule has 0 aromatic heterocycles. The molecule has 2 aromatic rings. The minimum absolute atomic E-state index is 0.0722. The molecule has 0 spiro atoms. The van der Waals surface area contributed by atoms with Gasteiger partial charge in [0.05, 0.1) is 7.11 Å². The van der Waals surface area contributed by atoms with Crippen molar-refractivity contribution in [2.75, 3.05) is 27.7 Å². The van der Waals surface area contributed by atoms with Crippen LogP contribution in [0.5, 0.6) is 5.75 Å². The van der Waals surface area contributed by atoms with Gasteiger partial charge in [0.1, 0.15) is 5.75 Å².